The standard InChI is InChI=1S/C14H20FNO/c1-2-3-4-5-6-10-17-13-9-7-8-12(11-16)14(13)15/h5-9H,2-4,10-11,16H2,1H3. The van der Waals surface area contributed by atoms with Crippen LogP contribution in [0.25, 0.3) is 0 Å². The monoisotopic (exact) mass is 237 g/mol. The Morgan fingerprint density at radius 2 is 2.18 bits per heavy atom. The van der Waals surface area contributed by atoms with E-state index in [4.69, 9.17) is 10.5 Å². The Bertz CT molecular complexity index is 363. The van der Waals surface area contributed by atoms with Crippen LogP contribution in [0.3, 0.4) is 0 Å². The van der Waals surface area contributed by atoms with Crippen molar-refractivity contribution >= 4 is 0 Å². The fraction of sp³-hybridized carbons (Fsp3) is 0.429. The van der Waals surface area contributed by atoms with Gasteiger partial charge in [0.15, 0.2) is 11.6 Å². The molecule has 0 radical (unpaired) electrons. The van der Waals surface area contributed by atoms with Gasteiger partial charge in [-0.15, -0.1) is 0 Å². The van der Waals surface area contributed by atoms with Crippen molar-refractivity contribution in [1.82, 2.24) is 0 Å². The quantitative estimate of drug-likeness (QED) is 0.582. The Balaban J connectivity index is 2.44. The summed E-state index contributed by atoms with van der Waals surface area (Å²) in [6.45, 7) is 2.74. The Morgan fingerprint density at radius 1 is 1.35 bits per heavy atom. The molecule has 0 aliphatic heterocycles. The van der Waals surface area contributed by atoms with Gasteiger partial charge in [-0.1, -0.05) is 44.1 Å². The van der Waals surface area contributed by atoms with Gasteiger partial charge >= 0.3 is 0 Å². The fourth-order valence-corrected chi connectivity index (χ4v) is 1.47. The first-order valence-electron chi connectivity index (χ1n) is 6.04. The lowest BCUT2D eigenvalue weighted by Gasteiger charge is -2.07. The van der Waals surface area contributed by atoms with E-state index in [9.17, 15) is 4.39 Å². The predicted molar refractivity (Wildman–Crippen MR) is 68.5 cm³/mol. The molecular weight excluding hydrogens is 217 g/mol. The molecule has 0 amide bonds. The molecule has 1 aromatic rings. The molecule has 0 spiro atoms. The summed E-state index contributed by atoms with van der Waals surface area (Å²) in [5.74, 6) is -0.0787. The van der Waals surface area contributed by atoms with E-state index in [0.29, 0.717) is 12.2 Å². The molecule has 0 saturated carbocycles. The van der Waals surface area contributed by atoms with E-state index in [1.807, 2.05) is 6.08 Å². The van der Waals surface area contributed by atoms with Crippen LogP contribution in [0, 0.1) is 5.82 Å². The van der Waals surface area contributed by atoms with Gasteiger partial charge in [-0.3, -0.25) is 0 Å². The summed E-state index contributed by atoms with van der Waals surface area (Å²) in [5, 5.41) is 0. The zero-order valence-electron chi connectivity index (χ0n) is 10.3. The SMILES string of the molecule is CCCCC=CCOc1cccc(CN)c1F. The van der Waals surface area contributed by atoms with Gasteiger partial charge in [0.2, 0.25) is 0 Å². The molecule has 94 valence electrons. The number of hydrogen-bond donors (Lipinski definition) is 1. The molecule has 0 unspecified atom stereocenters. The van der Waals surface area contributed by atoms with E-state index in [1.54, 1.807) is 18.2 Å². The van der Waals surface area contributed by atoms with Crippen LogP contribution >= 0.6 is 0 Å². The summed E-state index contributed by atoms with van der Waals surface area (Å²) in [6, 6.07) is 5.04. The number of halogens is 1. The molecule has 0 heterocycles. The third kappa shape index (κ3) is 4.57. The first-order valence-corrected chi connectivity index (χ1v) is 6.04. The zero-order valence-corrected chi connectivity index (χ0v) is 10.3. The van der Waals surface area contributed by atoms with Crippen molar-refractivity contribution in [3.63, 3.8) is 0 Å². The molecule has 0 aliphatic rings. The Hall–Kier alpha value is -1.35. The van der Waals surface area contributed by atoms with Crippen molar-refractivity contribution in [3.8, 4) is 5.75 Å². The third-order valence-corrected chi connectivity index (χ3v) is 2.49. The zero-order chi connectivity index (χ0) is 12.5. The van der Waals surface area contributed by atoms with Crippen LogP contribution in [-0.4, -0.2) is 6.61 Å². The number of unbranched alkanes of at least 4 members (excludes halogenated alkanes) is 2. The van der Waals surface area contributed by atoms with Crippen LogP contribution in [0.15, 0.2) is 30.4 Å². The summed E-state index contributed by atoms with van der Waals surface area (Å²) in [7, 11) is 0. The van der Waals surface area contributed by atoms with Crippen LogP contribution in [0.1, 0.15) is 31.7 Å². The summed E-state index contributed by atoms with van der Waals surface area (Å²) in [4.78, 5) is 0. The van der Waals surface area contributed by atoms with Gasteiger partial charge in [0, 0.05) is 12.1 Å². The van der Waals surface area contributed by atoms with Gasteiger partial charge in [-0.25, -0.2) is 4.39 Å². The van der Waals surface area contributed by atoms with E-state index in [1.165, 1.54) is 12.8 Å². The van der Waals surface area contributed by atoms with E-state index in [-0.39, 0.29) is 18.1 Å². The third-order valence-electron chi connectivity index (χ3n) is 2.49. The van der Waals surface area contributed by atoms with Gasteiger partial charge in [-0.05, 0) is 12.5 Å². The molecule has 2 nitrogen and oxygen atoms in total. The number of rotatable bonds is 7. The Kier molecular flexibility index (Phi) is 6.33. The molecule has 0 aliphatic carbocycles. The maximum Gasteiger partial charge on any atom is 0.169 e. The number of ether oxygens (including phenoxy) is 1. The van der Waals surface area contributed by atoms with E-state index in [0.717, 1.165) is 6.42 Å². The maximum atomic E-state index is 13.7. The van der Waals surface area contributed by atoms with Crippen molar-refractivity contribution in [3.05, 3.63) is 41.7 Å². The minimum atomic E-state index is -0.350. The minimum Gasteiger partial charge on any atom is -0.486 e. The Labute approximate surface area is 102 Å². The number of allylic oxidation sites excluding steroid dienone is 1. The van der Waals surface area contributed by atoms with Crippen molar-refractivity contribution < 1.29 is 9.13 Å². The lowest BCUT2D eigenvalue weighted by molar-refractivity contribution is 0.339. The molecule has 0 bridgehead atoms. The normalized spacial score (nSPS) is 11.0. The predicted octanol–water partition coefficient (Wildman–Crippen LogP) is 3.41. The highest BCUT2D eigenvalue weighted by Crippen LogP contribution is 2.19. The topological polar surface area (TPSA) is 35.2 Å². The lowest BCUT2D eigenvalue weighted by Crippen LogP contribution is -2.03. The molecule has 2 N–H and O–H groups in total. The summed E-state index contributed by atoms with van der Waals surface area (Å²) in [5.41, 5.74) is 5.90. The molecule has 0 fully saturated rings. The second-order valence-corrected chi connectivity index (χ2v) is 3.86. The highest BCUT2D eigenvalue weighted by atomic mass is 19.1. The summed E-state index contributed by atoms with van der Waals surface area (Å²) in [6.07, 6.45) is 7.38. The van der Waals surface area contributed by atoms with Crippen LogP contribution in [0.5, 0.6) is 5.75 Å². The number of benzene rings is 1. The van der Waals surface area contributed by atoms with Gasteiger partial charge in [-0.2, -0.15) is 0 Å². The molecular formula is C14H20FNO. The van der Waals surface area contributed by atoms with Crippen LogP contribution in [0.4, 0.5) is 4.39 Å². The number of nitrogens with two attached hydrogens (primary N) is 1. The van der Waals surface area contributed by atoms with E-state index >= 15 is 0 Å². The summed E-state index contributed by atoms with van der Waals surface area (Å²) < 4.78 is 19.0. The summed E-state index contributed by atoms with van der Waals surface area (Å²) >= 11 is 0. The lowest BCUT2D eigenvalue weighted by atomic mass is 10.2. The van der Waals surface area contributed by atoms with Crippen molar-refractivity contribution in [2.45, 2.75) is 32.7 Å². The van der Waals surface area contributed by atoms with Crippen molar-refractivity contribution in [2.75, 3.05) is 6.61 Å². The minimum absolute atomic E-state index is 0.190. The second-order valence-electron chi connectivity index (χ2n) is 3.86. The van der Waals surface area contributed by atoms with E-state index in [2.05, 4.69) is 13.0 Å². The molecule has 0 aromatic heterocycles. The van der Waals surface area contributed by atoms with Crippen LogP contribution in [0.2, 0.25) is 0 Å². The number of hydrogen-bond acceptors (Lipinski definition) is 2. The van der Waals surface area contributed by atoms with Gasteiger partial charge in [0.05, 0.1) is 0 Å². The van der Waals surface area contributed by atoms with Gasteiger partial charge in [0.25, 0.3) is 0 Å². The van der Waals surface area contributed by atoms with Gasteiger partial charge in [0.1, 0.15) is 6.61 Å². The largest absolute Gasteiger partial charge is 0.486 e. The molecule has 1 rings (SSSR count). The fourth-order valence-electron chi connectivity index (χ4n) is 1.47. The first-order chi connectivity index (χ1) is 8.29. The van der Waals surface area contributed by atoms with Crippen LogP contribution in [-0.2, 0) is 6.54 Å². The first kappa shape index (κ1) is 13.7. The van der Waals surface area contributed by atoms with E-state index < -0.39 is 0 Å². The molecule has 0 atom stereocenters. The highest BCUT2D eigenvalue weighted by Gasteiger charge is 2.06. The maximum absolute atomic E-state index is 13.7. The molecule has 17 heavy (non-hydrogen) atoms. The van der Waals surface area contributed by atoms with Crippen LogP contribution < -0.4 is 10.5 Å². The average molecular weight is 237 g/mol. The van der Waals surface area contributed by atoms with Gasteiger partial charge < -0.3 is 10.5 Å². The molecule has 3 heteroatoms. The molecule has 0 saturated heterocycles. The van der Waals surface area contributed by atoms with Crippen molar-refractivity contribution in [1.29, 1.82) is 0 Å². The van der Waals surface area contributed by atoms with Crippen molar-refractivity contribution in [2.24, 2.45) is 5.73 Å². The molecule has 1 aromatic carbocycles. The highest BCUT2D eigenvalue weighted by molar-refractivity contribution is 5.31. The Morgan fingerprint density at radius 3 is 2.88 bits per heavy atom. The second kappa shape index (κ2) is 7.85. The smallest absolute Gasteiger partial charge is 0.169 e. The average Bonchev–Trinajstić information content (AvgIpc) is 2.35.